The van der Waals surface area contributed by atoms with Crippen molar-refractivity contribution < 1.29 is 9.15 Å². The van der Waals surface area contributed by atoms with Gasteiger partial charge in [-0.3, -0.25) is 0 Å². The van der Waals surface area contributed by atoms with Gasteiger partial charge in [0.1, 0.15) is 11.5 Å². The van der Waals surface area contributed by atoms with Crippen molar-refractivity contribution in [1.29, 1.82) is 0 Å². The van der Waals surface area contributed by atoms with Crippen molar-refractivity contribution in [2.75, 3.05) is 13.7 Å². The zero-order valence-electron chi connectivity index (χ0n) is 11.9. The Balaban J connectivity index is 2.25. The highest BCUT2D eigenvalue weighted by Gasteiger charge is 2.17. The van der Waals surface area contributed by atoms with Gasteiger partial charge in [0, 0.05) is 23.0 Å². The van der Waals surface area contributed by atoms with Crippen molar-refractivity contribution in [2.45, 2.75) is 25.8 Å². The van der Waals surface area contributed by atoms with E-state index in [0.717, 1.165) is 36.5 Å². The third-order valence-electron chi connectivity index (χ3n) is 3.20. The molecular formula is C16H20ClNO2. The summed E-state index contributed by atoms with van der Waals surface area (Å²) in [7, 11) is 1.67. The summed E-state index contributed by atoms with van der Waals surface area (Å²) < 4.78 is 10.9. The van der Waals surface area contributed by atoms with Gasteiger partial charge in [-0.05, 0) is 37.2 Å². The lowest BCUT2D eigenvalue weighted by Gasteiger charge is -2.20. The van der Waals surface area contributed by atoms with Gasteiger partial charge >= 0.3 is 0 Å². The van der Waals surface area contributed by atoms with Crippen molar-refractivity contribution in [2.24, 2.45) is 0 Å². The Hall–Kier alpha value is -1.45. The minimum Gasteiger partial charge on any atom is -0.496 e. The number of halogens is 1. The molecule has 1 heterocycles. The van der Waals surface area contributed by atoms with Crippen molar-refractivity contribution in [3.8, 4) is 5.75 Å². The molecule has 20 heavy (non-hydrogen) atoms. The first-order valence-corrected chi connectivity index (χ1v) is 7.21. The minimum absolute atomic E-state index is 0.147. The van der Waals surface area contributed by atoms with E-state index in [1.54, 1.807) is 13.4 Å². The molecule has 1 unspecified atom stereocenters. The lowest BCUT2D eigenvalue weighted by atomic mass is 10.0. The molecule has 0 aliphatic carbocycles. The average molecular weight is 294 g/mol. The van der Waals surface area contributed by atoms with Crippen molar-refractivity contribution in [1.82, 2.24) is 5.32 Å². The summed E-state index contributed by atoms with van der Waals surface area (Å²) in [4.78, 5) is 0. The molecule has 0 amide bonds. The molecule has 0 radical (unpaired) electrons. The van der Waals surface area contributed by atoms with Gasteiger partial charge in [-0.25, -0.2) is 0 Å². The maximum absolute atomic E-state index is 6.03. The highest BCUT2D eigenvalue weighted by Crippen LogP contribution is 2.30. The van der Waals surface area contributed by atoms with Gasteiger partial charge in [0.15, 0.2) is 0 Å². The van der Waals surface area contributed by atoms with E-state index in [-0.39, 0.29) is 6.04 Å². The van der Waals surface area contributed by atoms with Gasteiger partial charge < -0.3 is 14.5 Å². The predicted octanol–water partition coefficient (Wildman–Crippen LogP) is 4.23. The lowest BCUT2D eigenvalue weighted by Crippen LogP contribution is -2.24. The summed E-state index contributed by atoms with van der Waals surface area (Å²) in [6.45, 7) is 3.09. The molecule has 0 spiro atoms. The van der Waals surface area contributed by atoms with Crippen molar-refractivity contribution in [3.05, 3.63) is 52.9 Å². The number of hydrogen-bond donors (Lipinski definition) is 1. The van der Waals surface area contributed by atoms with Crippen LogP contribution in [0.4, 0.5) is 0 Å². The topological polar surface area (TPSA) is 34.4 Å². The van der Waals surface area contributed by atoms with Crippen LogP contribution in [0.1, 0.15) is 30.7 Å². The van der Waals surface area contributed by atoms with Crippen LogP contribution in [0.5, 0.6) is 5.75 Å². The average Bonchev–Trinajstić information content (AvgIpc) is 2.96. The van der Waals surface area contributed by atoms with Gasteiger partial charge in [-0.2, -0.15) is 0 Å². The normalized spacial score (nSPS) is 12.3. The van der Waals surface area contributed by atoms with Crippen LogP contribution in [0, 0.1) is 0 Å². The highest BCUT2D eigenvalue weighted by molar-refractivity contribution is 6.30. The molecule has 0 saturated heterocycles. The van der Waals surface area contributed by atoms with Crippen LogP contribution in [0.15, 0.2) is 41.0 Å². The molecule has 4 heteroatoms. The maximum Gasteiger partial charge on any atom is 0.125 e. The maximum atomic E-state index is 6.03. The number of benzene rings is 1. The van der Waals surface area contributed by atoms with E-state index in [1.807, 2.05) is 30.3 Å². The van der Waals surface area contributed by atoms with Crippen LogP contribution in [-0.2, 0) is 6.42 Å². The van der Waals surface area contributed by atoms with Gasteiger partial charge in [-0.15, -0.1) is 0 Å². The molecular weight excluding hydrogens is 274 g/mol. The summed E-state index contributed by atoms with van der Waals surface area (Å²) in [6.07, 6.45) is 3.56. The summed E-state index contributed by atoms with van der Waals surface area (Å²) in [6, 6.07) is 9.79. The Bertz CT molecular complexity index is 525. The molecule has 1 atom stereocenters. The standard InChI is InChI=1S/C16H20ClNO2/c1-3-8-18-15(11-13-5-4-9-20-13)14-7-6-12(17)10-16(14)19-2/h4-7,9-10,15,18H,3,8,11H2,1-2H3. The van der Waals surface area contributed by atoms with Crippen LogP contribution in [0.25, 0.3) is 0 Å². The van der Waals surface area contributed by atoms with Gasteiger partial charge in [-0.1, -0.05) is 24.6 Å². The summed E-state index contributed by atoms with van der Waals surface area (Å²) in [5, 5.41) is 4.21. The van der Waals surface area contributed by atoms with E-state index >= 15 is 0 Å². The van der Waals surface area contributed by atoms with Gasteiger partial charge in [0.05, 0.1) is 13.4 Å². The second-order valence-electron chi connectivity index (χ2n) is 4.68. The van der Waals surface area contributed by atoms with E-state index in [2.05, 4.69) is 12.2 Å². The fourth-order valence-electron chi connectivity index (χ4n) is 2.21. The lowest BCUT2D eigenvalue weighted by molar-refractivity contribution is 0.391. The zero-order chi connectivity index (χ0) is 14.4. The third-order valence-corrected chi connectivity index (χ3v) is 3.43. The van der Waals surface area contributed by atoms with Gasteiger partial charge in [0.25, 0.3) is 0 Å². The van der Waals surface area contributed by atoms with Crippen molar-refractivity contribution >= 4 is 11.6 Å². The molecule has 0 saturated carbocycles. The predicted molar refractivity (Wildman–Crippen MR) is 81.5 cm³/mol. The van der Waals surface area contributed by atoms with E-state index < -0.39 is 0 Å². The van der Waals surface area contributed by atoms with Crippen LogP contribution < -0.4 is 10.1 Å². The molecule has 0 fully saturated rings. The van der Waals surface area contributed by atoms with Crippen molar-refractivity contribution in [3.63, 3.8) is 0 Å². The largest absolute Gasteiger partial charge is 0.496 e. The second kappa shape index (κ2) is 7.36. The number of methoxy groups -OCH3 is 1. The van der Waals surface area contributed by atoms with Crippen LogP contribution in [0.3, 0.4) is 0 Å². The molecule has 3 nitrogen and oxygen atoms in total. The van der Waals surface area contributed by atoms with Crippen LogP contribution in [-0.4, -0.2) is 13.7 Å². The summed E-state index contributed by atoms with van der Waals surface area (Å²) in [5.41, 5.74) is 1.10. The molecule has 108 valence electrons. The number of rotatable bonds is 7. The first-order chi connectivity index (χ1) is 9.74. The van der Waals surface area contributed by atoms with Gasteiger partial charge in [0.2, 0.25) is 0 Å². The van der Waals surface area contributed by atoms with E-state index in [1.165, 1.54) is 0 Å². The number of nitrogens with one attached hydrogen (secondary N) is 1. The Kier molecular flexibility index (Phi) is 5.50. The zero-order valence-corrected chi connectivity index (χ0v) is 12.6. The molecule has 2 aromatic rings. The third kappa shape index (κ3) is 3.78. The first-order valence-electron chi connectivity index (χ1n) is 6.83. The molecule has 1 aromatic carbocycles. The second-order valence-corrected chi connectivity index (χ2v) is 5.11. The Morgan fingerprint density at radius 3 is 2.85 bits per heavy atom. The fourth-order valence-corrected chi connectivity index (χ4v) is 2.38. The SMILES string of the molecule is CCCNC(Cc1ccco1)c1ccc(Cl)cc1OC. The highest BCUT2D eigenvalue weighted by atomic mass is 35.5. The Morgan fingerprint density at radius 2 is 2.20 bits per heavy atom. The monoisotopic (exact) mass is 293 g/mol. The Labute approximate surface area is 124 Å². The molecule has 0 aliphatic heterocycles. The quantitative estimate of drug-likeness (QED) is 0.830. The number of hydrogen-bond acceptors (Lipinski definition) is 3. The van der Waals surface area contributed by atoms with Crippen LogP contribution >= 0.6 is 11.6 Å². The van der Waals surface area contributed by atoms with E-state index in [9.17, 15) is 0 Å². The van der Waals surface area contributed by atoms with E-state index in [0.29, 0.717) is 5.02 Å². The van der Waals surface area contributed by atoms with Crippen LogP contribution in [0.2, 0.25) is 5.02 Å². The molecule has 0 bridgehead atoms. The molecule has 1 N–H and O–H groups in total. The molecule has 1 aromatic heterocycles. The molecule has 2 rings (SSSR count). The minimum atomic E-state index is 0.147. The Morgan fingerprint density at radius 1 is 1.35 bits per heavy atom. The summed E-state index contributed by atoms with van der Waals surface area (Å²) >= 11 is 6.03. The number of ether oxygens (including phenoxy) is 1. The molecule has 0 aliphatic rings. The first kappa shape index (κ1) is 14.9. The number of furan rings is 1. The summed E-state index contributed by atoms with van der Waals surface area (Å²) in [5.74, 6) is 1.76. The van der Waals surface area contributed by atoms with E-state index in [4.69, 9.17) is 20.8 Å². The fraction of sp³-hybridized carbons (Fsp3) is 0.375. The smallest absolute Gasteiger partial charge is 0.125 e.